The van der Waals surface area contributed by atoms with Crippen LogP contribution >= 0.6 is 0 Å². The average molecular weight is 431 g/mol. The van der Waals surface area contributed by atoms with Gasteiger partial charge in [0.1, 0.15) is 5.69 Å². The minimum atomic E-state index is -0.0846. The Morgan fingerprint density at radius 2 is 1.58 bits per heavy atom. The molecule has 8 nitrogen and oxygen atoms in total. The van der Waals surface area contributed by atoms with Crippen LogP contribution in [0.15, 0.2) is 6.07 Å². The molecule has 8 heteroatoms. The van der Waals surface area contributed by atoms with E-state index in [1.165, 1.54) is 19.3 Å². The minimum Gasteiger partial charge on any atom is -0.339 e. The molecule has 0 spiro atoms. The fourth-order valence-corrected chi connectivity index (χ4v) is 4.68. The second kappa shape index (κ2) is 8.90. The Morgan fingerprint density at radius 1 is 0.968 bits per heavy atom. The van der Waals surface area contributed by atoms with E-state index in [-0.39, 0.29) is 17.2 Å². The lowest BCUT2D eigenvalue weighted by molar-refractivity contribution is -0.135. The van der Waals surface area contributed by atoms with Crippen LogP contribution < -0.4 is 0 Å². The van der Waals surface area contributed by atoms with Gasteiger partial charge in [0.2, 0.25) is 5.91 Å². The number of aryl methyl sites for hydroxylation is 1. The van der Waals surface area contributed by atoms with Crippen LogP contribution in [0.5, 0.6) is 0 Å². The third-order valence-electron chi connectivity index (χ3n) is 7.14. The highest BCUT2D eigenvalue weighted by Gasteiger charge is 2.31. The van der Waals surface area contributed by atoms with Gasteiger partial charge < -0.3 is 9.80 Å². The van der Waals surface area contributed by atoms with Crippen molar-refractivity contribution >= 4 is 11.8 Å². The van der Waals surface area contributed by atoms with E-state index < -0.39 is 0 Å². The Kier molecular flexibility index (Phi) is 6.40. The molecular formula is C23H38N6O2. The molecule has 4 rings (SSSR count). The quantitative estimate of drug-likeness (QED) is 0.718. The van der Waals surface area contributed by atoms with Gasteiger partial charge in [-0.25, -0.2) is 0 Å². The number of nitrogens with zero attached hydrogens (tertiary/aromatic N) is 6. The van der Waals surface area contributed by atoms with Crippen molar-refractivity contribution in [1.29, 1.82) is 0 Å². The summed E-state index contributed by atoms with van der Waals surface area (Å²) in [4.78, 5) is 34.5. The molecule has 1 aromatic heterocycles. The van der Waals surface area contributed by atoms with E-state index in [1.807, 2.05) is 22.9 Å². The summed E-state index contributed by atoms with van der Waals surface area (Å²) in [7, 11) is 1.84. The maximum Gasteiger partial charge on any atom is 0.272 e. The molecule has 1 aromatic rings. The first kappa shape index (κ1) is 22.3. The summed E-state index contributed by atoms with van der Waals surface area (Å²) in [6.45, 7) is 13.3. The van der Waals surface area contributed by atoms with Gasteiger partial charge in [-0.05, 0) is 18.9 Å². The van der Waals surface area contributed by atoms with Gasteiger partial charge in [0.05, 0.1) is 12.2 Å². The zero-order valence-corrected chi connectivity index (χ0v) is 19.6. The predicted octanol–water partition coefficient (Wildman–Crippen LogP) is 1.17. The molecular weight excluding hydrogens is 392 g/mol. The molecule has 1 aliphatic carbocycles. The highest BCUT2D eigenvalue weighted by atomic mass is 16.2. The van der Waals surface area contributed by atoms with E-state index in [1.54, 1.807) is 4.68 Å². The largest absolute Gasteiger partial charge is 0.339 e. The van der Waals surface area contributed by atoms with Crippen molar-refractivity contribution in [3.8, 4) is 0 Å². The van der Waals surface area contributed by atoms with E-state index in [2.05, 4.69) is 35.7 Å². The van der Waals surface area contributed by atoms with Gasteiger partial charge in [-0.3, -0.25) is 24.1 Å². The van der Waals surface area contributed by atoms with Crippen molar-refractivity contribution in [1.82, 2.24) is 29.4 Å². The Balaban J connectivity index is 1.24. The van der Waals surface area contributed by atoms with Crippen LogP contribution in [0, 0.1) is 0 Å². The average Bonchev–Trinajstić information content (AvgIpc) is 3.09. The van der Waals surface area contributed by atoms with Gasteiger partial charge in [-0.2, -0.15) is 5.10 Å². The predicted molar refractivity (Wildman–Crippen MR) is 120 cm³/mol. The maximum atomic E-state index is 13.0. The fourth-order valence-electron chi connectivity index (χ4n) is 4.68. The molecule has 0 atom stereocenters. The fraction of sp³-hybridized carbons (Fsp3) is 0.783. The van der Waals surface area contributed by atoms with Crippen LogP contribution in [-0.4, -0.2) is 106 Å². The number of rotatable bonds is 4. The Bertz CT molecular complexity index is 793. The molecule has 0 bridgehead atoms. The van der Waals surface area contributed by atoms with Gasteiger partial charge in [0.15, 0.2) is 0 Å². The van der Waals surface area contributed by atoms with Crippen LogP contribution in [0.25, 0.3) is 0 Å². The van der Waals surface area contributed by atoms with Gasteiger partial charge >= 0.3 is 0 Å². The summed E-state index contributed by atoms with van der Waals surface area (Å²) in [5, 5.41) is 4.53. The highest BCUT2D eigenvalue weighted by Crippen LogP contribution is 2.25. The zero-order chi connectivity index (χ0) is 22.2. The van der Waals surface area contributed by atoms with Crippen molar-refractivity contribution in [2.45, 2.75) is 51.5 Å². The van der Waals surface area contributed by atoms with Crippen LogP contribution in [0.2, 0.25) is 0 Å². The van der Waals surface area contributed by atoms with Gasteiger partial charge in [-0.15, -0.1) is 0 Å². The number of carbonyl (C=O) groups excluding carboxylic acids is 2. The molecule has 0 unspecified atom stereocenters. The topological polar surface area (TPSA) is 64.9 Å². The highest BCUT2D eigenvalue weighted by molar-refractivity contribution is 5.92. The van der Waals surface area contributed by atoms with Crippen molar-refractivity contribution in [2.24, 2.45) is 7.05 Å². The lowest BCUT2D eigenvalue weighted by Gasteiger charge is -2.43. The third-order valence-corrected chi connectivity index (χ3v) is 7.14. The normalized spacial score (nSPS) is 21.9. The zero-order valence-electron chi connectivity index (χ0n) is 19.6. The smallest absolute Gasteiger partial charge is 0.272 e. The molecule has 2 saturated heterocycles. The monoisotopic (exact) mass is 430 g/mol. The van der Waals surface area contributed by atoms with E-state index in [4.69, 9.17) is 0 Å². The summed E-state index contributed by atoms with van der Waals surface area (Å²) < 4.78 is 1.70. The van der Waals surface area contributed by atoms with Crippen LogP contribution in [0.1, 0.15) is 56.2 Å². The molecule has 2 aliphatic heterocycles. The Morgan fingerprint density at radius 3 is 2.10 bits per heavy atom. The number of piperazine rings is 2. The number of aromatic nitrogens is 2. The standard InChI is InChI=1S/C23H38N6O2/c1-23(2,3)20-16-19(25(4)24-20)22(31)29-10-8-26(9-11-29)17-21(30)28-14-12-27(13-15-28)18-6-5-7-18/h16,18H,5-15,17H2,1-4H3. The van der Waals surface area contributed by atoms with E-state index in [9.17, 15) is 9.59 Å². The first-order valence-electron chi connectivity index (χ1n) is 11.8. The molecule has 0 radical (unpaired) electrons. The summed E-state index contributed by atoms with van der Waals surface area (Å²) in [6.07, 6.45) is 4.01. The first-order chi connectivity index (χ1) is 14.7. The molecule has 3 fully saturated rings. The summed E-state index contributed by atoms with van der Waals surface area (Å²) in [5.41, 5.74) is 1.48. The molecule has 0 aromatic carbocycles. The van der Waals surface area contributed by atoms with Crippen molar-refractivity contribution < 1.29 is 9.59 Å². The van der Waals surface area contributed by atoms with Gasteiger partial charge in [0, 0.05) is 70.9 Å². The third kappa shape index (κ3) is 4.95. The molecule has 2 amide bonds. The molecule has 3 aliphatic rings. The number of carbonyl (C=O) groups is 2. The van der Waals surface area contributed by atoms with E-state index >= 15 is 0 Å². The van der Waals surface area contributed by atoms with Gasteiger partial charge in [0.25, 0.3) is 5.91 Å². The first-order valence-corrected chi connectivity index (χ1v) is 11.8. The van der Waals surface area contributed by atoms with Crippen molar-refractivity contribution in [3.63, 3.8) is 0 Å². The maximum absolute atomic E-state index is 13.0. The molecule has 3 heterocycles. The molecule has 31 heavy (non-hydrogen) atoms. The number of amides is 2. The second-order valence-corrected chi connectivity index (χ2v) is 10.4. The summed E-state index contributed by atoms with van der Waals surface area (Å²) in [5.74, 6) is 0.262. The molecule has 0 N–H and O–H groups in total. The van der Waals surface area contributed by atoms with Crippen molar-refractivity contribution in [3.05, 3.63) is 17.5 Å². The van der Waals surface area contributed by atoms with E-state index in [0.29, 0.717) is 25.3 Å². The SMILES string of the molecule is Cn1nc(C(C)(C)C)cc1C(=O)N1CCN(CC(=O)N2CCN(C3CCC3)CC2)CC1. The Hall–Kier alpha value is -1.93. The molecule has 1 saturated carbocycles. The minimum absolute atomic E-state index is 0.0311. The second-order valence-electron chi connectivity index (χ2n) is 10.4. The van der Waals surface area contributed by atoms with Crippen molar-refractivity contribution in [2.75, 3.05) is 58.9 Å². The Labute approximate surface area is 186 Å². The van der Waals surface area contributed by atoms with Crippen LogP contribution in [0.4, 0.5) is 0 Å². The van der Waals surface area contributed by atoms with E-state index in [0.717, 1.165) is 51.0 Å². The van der Waals surface area contributed by atoms with Crippen LogP contribution in [-0.2, 0) is 17.3 Å². The van der Waals surface area contributed by atoms with Gasteiger partial charge in [-0.1, -0.05) is 27.2 Å². The number of hydrogen-bond acceptors (Lipinski definition) is 5. The number of hydrogen-bond donors (Lipinski definition) is 0. The summed E-state index contributed by atoms with van der Waals surface area (Å²) >= 11 is 0. The lowest BCUT2D eigenvalue weighted by Crippen LogP contribution is -2.56. The van der Waals surface area contributed by atoms with Crippen LogP contribution in [0.3, 0.4) is 0 Å². The molecule has 172 valence electrons. The summed E-state index contributed by atoms with van der Waals surface area (Å²) in [6, 6.07) is 2.68. The lowest BCUT2D eigenvalue weighted by atomic mass is 9.91.